The molecule has 164 valence electrons. The number of aromatic nitrogens is 6. The summed E-state index contributed by atoms with van der Waals surface area (Å²) < 4.78 is 42.2. The minimum Gasteiger partial charge on any atom is -0.277 e. The van der Waals surface area contributed by atoms with Crippen LogP contribution in [0, 0.1) is 6.92 Å². The lowest BCUT2D eigenvalue weighted by atomic mass is 9.91. The van der Waals surface area contributed by atoms with E-state index in [1.165, 1.54) is 6.20 Å². The third-order valence-electron chi connectivity index (χ3n) is 5.88. The Morgan fingerprint density at radius 2 is 1.76 bits per heavy atom. The highest BCUT2D eigenvalue weighted by Gasteiger charge is 2.36. The lowest BCUT2D eigenvalue weighted by molar-refractivity contribution is -0.136. The van der Waals surface area contributed by atoms with Crippen molar-refractivity contribution < 1.29 is 13.2 Å². The third-order valence-corrected chi connectivity index (χ3v) is 6.18. The highest BCUT2D eigenvalue weighted by atomic mass is 35.5. The van der Waals surface area contributed by atoms with Gasteiger partial charge in [-0.3, -0.25) is 15.3 Å². The molecule has 3 aromatic carbocycles. The molecule has 0 saturated heterocycles. The van der Waals surface area contributed by atoms with E-state index in [9.17, 15) is 13.2 Å². The molecule has 3 N–H and O–H groups in total. The van der Waals surface area contributed by atoms with Gasteiger partial charge in [0.05, 0.1) is 33.5 Å². The molecule has 0 atom stereocenters. The van der Waals surface area contributed by atoms with Gasteiger partial charge in [0, 0.05) is 27.3 Å². The molecule has 0 spiro atoms. The number of H-pyrrole nitrogens is 3. The van der Waals surface area contributed by atoms with Crippen molar-refractivity contribution in [3.05, 3.63) is 64.8 Å². The van der Waals surface area contributed by atoms with Gasteiger partial charge in [0.25, 0.3) is 0 Å². The summed E-state index contributed by atoms with van der Waals surface area (Å²) in [5.74, 6) is 0. The Bertz CT molecular complexity index is 1690. The van der Waals surface area contributed by atoms with Crippen LogP contribution < -0.4 is 0 Å². The lowest BCUT2D eigenvalue weighted by Gasteiger charge is -2.15. The van der Waals surface area contributed by atoms with E-state index in [-0.39, 0.29) is 5.52 Å². The minimum atomic E-state index is -4.60. The fourth-order valence-electron chi connectivity index (χ4n) is 4.43. The predicted octanol–water partition coefficient (Wildman–Crippen LogP) is 6.63. The fraction of sp³-hybridized carbons (Fsp3) is 0.0870. The SMILES string of the molecule is Cc1cccc2[nH]nc(-c3cc(C(F)(F)F)c4[nH]ncc4c3-c3[nH]nc4c(Cl)cccc34)c12. The van der Waals surface area contributed by atoms with E-state index in [4.69, 9.17) is 11.6 Å². The van der Waals surface area contributed by atoms with Crippen molar-refractivity contribution in [1.82, 2.24) is 30.6 Å². The van der Waals surface area contributed by atoms with Crippen LogP contribution in [0.1, 0.15) is 11.1 Å². The number of benzene rings is 3. The van der Waals surface area contributed by atoms with Gasteiger partial charge in [0.15, 0.2) is 0 Å². The summed E-state index contributed by atoms with van der Waals surface area (Å²) in [7, 11) is 0. The largest absolute Gasteiger partial charge is 0.418 e. The van der Waals surface area contributed by atoms with Crippen LogP contribution in [0.3, 0.4) is 0 Å². The highest BCUT2D eigenvalue weighted by Crippen LogP contribution is 2.46. The van der Waals surface area contributed by atoms with E-state index in [1.54, 1.807) is 12.1 Å². The first kappa shape index (κ1) is 19.8. The van der Waals surface area contributed by atoms with E-state index in [0.29, 0.717) is 43.8 Å². The molecular formula is C23H14ClF3N6. The van der Waals surface area contributed by atoms with Crippen LogP contribution in [0.4, 0.5) is 13.2 Å². The first-order chi connectivity index (χ1) is 15.8. The molecule has 0 unspecified atom stereocenters. The number of halogens is 4. The van der Waals surface area contributed by atoms with E-state index in [0.717, 1.165) is 22.5 Å². The second-order valence-electron chi connectivity index (χ2n) is 7.81. The molecule has 6 rings (SSSR count). The number of alkyl halides is 3. The van der Waals surface area contributed by atoms with E-state index in [1.807, 2.05) is 31.2 Å². The Balaban J connectivity index is 1.81. The topological polar surface area (TPSA) is 86.0 Å². The summed E-state index contributed by atoms with van der Waals surface area (Å²) in [6.45, 7) is 1.90. The summed E-state index contributed by atoms with van der Waals surface area (Å²) >= 11 is 6.31. The van der Waals surface area contributed by atoms with E-state index in [2.05, 4.69) is 30.6 Å². The molecule has 6 aromatic rings. The average Bonchev–Trinajstić information content (AvgIpc) is 3.50. The Labute approximate surface area is 188 Å². The van der Waals surface area contributed by atoms with Crippen molar-refractivity contribution in [2.45, 2.75) is 13.1 Å². The molecule has 0 radical (unpaired) electrons. The maximum atomic E-state index is 14.1. The zero-order valence-electron chi connectivity index (χ0n) is 17.0. The second-order valence-corrected chi connectivity index (χ2v) is 8.21. The van der Waals surface area contributed by atoms with Crippen molar-refractivity contribution >= 4 is 44.3 Å². The zero-order chi connectivity index (χ0) is 22.9. The van der Waals surface area contributed by atoms with Crippen LogP contribution in [0.25, 0.3) is 55.2 Å². The number of para-hydroxylation sites is 1. The lowest BCUT2D eigenvalue weighted by Crippen LogP contribution is -2.07. The third kappa shape index (κ3) is 2.85. The van der Waals surface area contributed by atoms with Crippen molar-refractivity contribution in [1.29, 1.82) is 0 Å². The quantitative estimate of drug-likeness (QED) is 0.267. The monoisotopic (exact) mass is 466 g/mol. The smallest absolute Gasteiger partial charge is 0.277 e. The Morgan fingerprint density at radius 1 is 0.939 bits per heavy atom. The van der Waals surface area contributed by atoms with Gasteiger partial charge in [-0.25, -0.2) is 0 Å². The van der Waals surface area contributed by atoms with Crippen molar-refractivity contribution in [3.63, 3.8) is 0 Å². The molecule has 0 aliphatic carbocycles. The zero-order valence-corrected chi connectivity index (χ0v) is 17.7. The van der Waals surface area contributed by atoms with Crippen LogP contribution in [-0.4, -0.2) is 30.6 Å². The van der Waals surface area contributed by atoms with Gasteiger partial charge >= 0.3 is 6.18 Å². The molecule has 33 heavy (non-hydrogen) atoms. The van der Waals surface area contributed by atoms with Crippen molar-refractivity contribution in [2.24, 2.45) is 0 Å². The number of aryl methyl sites for hydroxylation is 1. The molecule has 0 aliphatic rings. The normalized spacial score (nSPS) is 12.4. The van der Waals surface area contributed by atoms with E-state index < -0.39 is 11.7 Å². The summed E-state index contributed by atoms with van der Waals surface area (Å²) in [5.41, 5.74) is 2.98. The first-order valence-electron chi connectivity index (χ1n) is 9.99. The number of rotatable bonds is 2. The maximum Gasteiger partial charge on any atom is 0.418 e. The van der Waals surface area contributed by atoms with Crippen LogP contribution in [0.15, 0.2) is 48.7 Å². The van der Waals surface area contributed by atoms with Gasteiger partial charge in [-0.2, -0.15) is 28.5 Å². The van der Waals surface area contributed by atoms with Gasteiger partial charge in [-0.15, -0.1) is 0 Å². The predicted molar refractivity (Wildman–Crippen MR) is 121 cm³/mol. The fourth-order valence-corrected chi connectivity index (χ4v) is 4.65. The van der Waals surface area contributed by atoms with Gasteiger partial charge in [0.2, 0.25) is 0 Å². The number of fused-ring (bicyclic) bond motifs is 3. The standard InChI is InChI=1S/C23H14ClF3N6/c1-10-4-2-7-16-17(10)22(32-29-16)12-8-14(23(25,26)27)19-13(9-28-30-19)18(12)21-11-5-3-6-15(24)20(11)31-33-21/h2-9H,1H3,(H,28,30)(H,29,32)(H,31,33). The van der Waals surface area contributed by atoms with Crippen LogP contribution in [-0.2, 0) is 6.18 Å². The number of nitrogens with zero attached hydrogens (tertiary/aromatic N) is 3. The summed E-state index contributed by atoms with van der Waals surface area (Å²) in [6, 6.07) is 12.0. The highest BCUT2D eigenvalue weighted by molar-refractivity contribution is 6.35. The Morgan fingerprint density at radius 3 is 2.58 bits per heavy atom. The van der Waals surface area contributed by atoms with E-state index >= 15 is 0 Å². The molecule has 0 fully saturated rings. The first-order valence-corrected chi connectivity index (χ1v) is 10.4. The second kappa shape index (κ2) is 6.82. The van der Waals surface area contributed by atoms with Gasteiger partial charge in [-0.05, 0) is 30.7 Å². The van der Waals surface area contributed by atoms with Crippen molar-refractivity contribution in [2.75, 3.05) is 0 Å². The molecule has 0 aliphatic heterocycles. The molecule has 10 heteroatoms. The van der Waals surface area contributed by atoms with Gasteiger partial charge in [0.1, 0.15) is 11.2 Å². The summed E-state index contributed by atoms with van der Waals surface area (Å²) in [6.07, 6.45) is -3.21. The summed E-state index contributed by atoms with van der Waals surface area (Å²) in [5, 5.41) is 23.3. The number of nitrogens with one attached hydrogen (secondary N) is 3. The number of hydrogen-bond donors (Lipinski definition) is 3. The Kier molecular flexibility index (Phi) is 4.09. The molecule has 3 aromatic heterocycles. The van der Waals surface area contributed by atoms with Gasteiger partial charge < -0.3 is 0 Å². The minimum absolute atomic E-state index is 0.109. The molecule has 6 nitrogen and oxygen atoms in total. The van der Waals surface area contributed by atoms with Crippen LogP contribution in [0.2, 0.25) is 5.02 Å². The molecule has 0 saturated carbocycles. The van der Waals surface area contributed by atoms with Gasteiger partial charge in [-0.1, -0.05) is 35.9 Å². The number of hydrogen-bond acceptors (Lipinski definition) is 3. The van der Waals surface area contributed by atoms with Crippen LogP contribution in [0.5, 0.6) is 0 Å². The van der Waals surface area contributed by atoms with Crippen LogP contribution >= 0.6 is 11.6 Å². The molecular weight excluding hydrogens is 453 g/mol. The summed E-state index contributed by atoms with van der Waals surface area (Å²) in [4.78, 5) is 0. The molecule has 0 amide bonds. The number of aromatic amines is 3. The molecule has 0 bridgehead atoms. The van der Waals surface area contributed by atoms with Crippen molar-refractivity contribution in [3.8, 4) is 22.5 Å². The Hall–Kier alpha value is -3.85. The average molecular weight is 467 g/mol. The molecule has 3 heterocycles. The maximum absolute atomic E-state index is 14.1.